The largest absolute Gasteiger partial charge is 0.490 e. The van der Waals surface area contributed by atoms with E-state index in [1.165, 1.54) is 13.2 Å². The molecule has 1 aliphatic heterocycles. The van der Waals surface area contributed by atoms with Crippen molar-refractivity contribution in [1.82, 2.24) is 0 Å². The van der Waals surface area contributed by atoms with Crippen molar-refractivity contribution in [3.63, 3.8) is 0 Å². The van der Waals surface area contributed by atoms with Crippen LogP contribution >= 0.6 is 0 Å². The first kappa shape index (κ1) is 18.2. The number of ether oxygens (including phenoxy) is 3. The van der Waals surface area contributed by atoms with Gasteiger partial charge in [0.2, 0.25) is 0 Å². The molecule has 0 aliphatic carbocycles. The van der Waals surface area contributed by atoms with Crippen molar-refractivity contribution in [3.8, 4) is 5.75 Å². The zero-order valence-electron chi connectivity index (χ0n) is 14.4. The van der Waals surface area contributed by atoms with Crippen LogP contribution in [0.15, 0.2) is 18.7 Å². The molecule has 1 heterocycles. The lowest BCUT2D eigenvalue weighted by Crippen LogP contribution is -2.39. The summed E-state index contributed by atoms with van der Waals surface area (Å²) in [5, 5.41) is 11.2. The topological polar surface area (TPSA) is 74.1 Å². The molecule has 132 valence electrons. The normalized spacial score (nSPS) is 15.6. The molecule has 0 bridgehead atoms. The lowest BCUT2D eigenvalue weighted by Gasteiger charge is -2.36. The summed E-state index contributed by atoms with van der Waals surface area (Å²) in [7, 11) is 4.74. The summed E-state index contributed by atoms with van der Waals surface area (Å²) >= 11 is 0. The van der Waals surface area contributed by atoms with Gasteiger partial charge >= 0.3 is 5.69 Å². The Morgan fingerprint density at radius 1 is 1.29 bits per heavy atom. The predicted molar refractivity (Wildman–Crippen MR) is 92.5 cm³/mol. The Balaban J connectivity index is 2.23. The summed E-state index contributed by atoms with van der Waals surface area (Å²) in [5.74, 6) is 0.595. The minimum Gasteiger partial charge on any atom is -0.490 e. The van der Waals surface area contributed by atoms with Crippen LogP contribution < -0.4 is 9.64 Å². The van der Waals surface area contributed by atoms with Crippen LogP contribution in [0.2, 0.25) is 0 Å². The van der Waals surface area contributed by atoms with E-state index < -0.39 is 4.92 Å². The lowest BCUT2D eigenvalue weighted by molar-refractivity contribution is -0.385. The highest BCUT2D eigenvalue weighted by atomic mass is 16.7. The molecular weight excluding hydrogens is 312 g/mol. The number of nitro groups is 1. The quantitative estimate of drug-likeness (QED) is 0.433. The highest BCUT2D eigenvalue weighted by Gasteiger charge is 2.28. The Hall–Kier alpha value is -2.12. The number of hydrogen-bond acceptors (Lipinski definition) is 6. The average molecular weight is 336 g/mol. The molecule has 0 radical (unpaired) electrons. The molecule has 2 rings (SSSR count). The molecule has 1 aromatic carbocycles. The Labute approximate surface area is 142 Å². The molecule has 0 aromatic heterocycles. The summed E-state index contributed by atoms with van der Waals surface area (Å²) < 4.78 is 15.9. The summed E-state index contributed by atoms with van der Waals surface area (Å²) in [6.45, 7) is 5.41. The molecule has 0 unspecified atom stereocenters. The maximum atomic E-state index is 11.2. The number of anilines is 1. The van der Waals surface area contributed by atoms with Crippen molar-refractivity contribution in [3.05, 3.63) is 34.4 Å². The number of piperidine rings is 1. The summed E-state index contributed by atoms with van der Waals surface area (Å²) in [5.41, 5.74) is 1.58. The van der Waals surface area contributed by atoms with Crippen LogP contribution in [0.1, 0.15) is 18.4 Å². The van der Waals surface area contributed by atoms with Gasteiger partial charge in [-0.25, -0.2) is 0 Å². The van der Waals surface area contributed by atoms with Crippen LogP contribution in [0, 0.1) is 16.0 Å². The summed E-state index contributed by atoms with van der Waals surface area (Å²) in [6.07, 6.45) is 3.28. The van der Waals surface area contributed by atoms with Crippen LogP contribution in [0.3, 0.4) is 0 Å². The minimum atomic E-state index is -0.441. The van der Waals surface area contributed by atoms with Gasteiger partial charge in [-0.05, 0) is 12.8 Å². The Morgan fingerprint density at radius 2 is 1.92 bits per heavy atom. The van der Waals surface area contributed by atoms with E-state index in [4.69, 9.17) is 14.2 Å². The fraction of sp³-hybridized carbons (Fsp3) is 0.529. The maximum Gasteiger partial charge on any atom is 0.311 e. The molecule has 24 heavy (non-hydrogen) atoms. The van der Waals surface area contributed by atoms with Crippen LogP contribution in [0.25, 0.3) is 6.08 Å². The number of nitro benzene ring substituents is 1. The highest BCUT2D eigenvalue weighted by molar-refractivity contribution is 5.73. The molecule has 1 aliphatic rings. The highest BCUT2D eigenvalue weighted by Crippen LogP contribution is 2.37. The first-order chi connectivity index (χ1) is 11.5. The van der Waals surface area contributed by atoms with Crippen LogP contribution in [-0.2, 0) is 9.47 Å². The molecular formula is C17H24N2O5. The maximum absolute atomic E-state index is 11.2. The summed E-state index contributed by atoms with van der Waals surface area (Å²) in [4.78, 5) is 12.9. The van der Waals surface area contributed by atoms with Gasteiger partial charge in [0.15, 0.2) is 12.0 Å². The van der Waals surface area contributed by atoms with Crippen LogP contribution in [-0.4, -0.2) is 45.6 Å². The Morgan fingerprint density at radius 3 is 2.38 bits per heavy atom. The van der Waals surface area contributed by atoms with E-state index in [0.717, 1.165) is 37.2 Å². The molecule has 0 spiro atoms. The van der Waals surface area contributed by atoms with Gasteiger partial charge in [0, 0.05) is 56.6 Å². The van der Waals surface area contributed by atoms with E-state index in [1.807, 2.05) is 0 Å². The second kappa shape index (κ2) is 8.12. The van der Waals surface area contributed by atoms with Crippen molar-refractivity contribution >= 4 is 17.5 Å². The van der Waals surface area contributed by atoms with Crippen molar-refractivity contribution < 1.29 is 19.1 Å². The second-order valence-electron chi connectivity index (χ2n) is 5.71. The molecule has 1 fully saturated rings. The van der Waals surface area contributed by atoms with Gasteiger partial charge in [-0.2, -0.15) is 0 Å². The van der Waals surface area contributed by atoms with E-state index in [9.17, 15) is 10.1 Å². The molecule has 7 heteroatoms. The number of methoxy groups -OCH3 is 3. The van der Waals surface area contributed by atoms with E-state index in [2.05, 4.69) is 11.5 Å². The third-order valence-corrected chi connectivity index (χ3v) is 4.47. The second-order valence-corrected chi connectivity index (χ2v) is 5.71. The average Bonchev–Trinajstić information content (AvgIpc) is 2.62. The van der Waals surface area contributed by atoms with Crippen molar-refractivity contribution in [1.29, 1.82) is 0 Å². The minimum absolute atomic E-state index is 0.0511. The predicted octanol–water partition coefficient (Wildman–Crippen LogP) is 3.08. The van der Waals surface area contributed by atoms with Gasteiger partial charge in [-0.1, -0.05) is 12.7 Å². The molecule has 0 amide bonds. The van der Waals surface area contributed by atoms with Crippen LogP contribution in [0.4, 0.5) is 11.4 Å². The SMILES string of the molecule is C=Cc1cc([N+](=O)[O-])c(OC)cc1N1CCC(C(OC)OC)CC1. The molecule has 1 aromatic rings. The zero-order valence-corrected chi connectivity index (χ0v) is 14.4. The van der Waals surface area contributed by atoms with Gasteiger partial charge in [0.25, 0.3) is 0 Å². The van der Waals surface area contributed by atoms with Crippen molar-refractivity contribution in [2.75, 3.05) is 39.3 Å². The molecule has 1 saturated heterocycles. The molecule has 7 nitrogen and oxygen atoms in total. The van der Waals surface area contributed by atoms with E-state index in [1.54, 1.807) is 26.4 Å². The third kappa shape index (κ3) is 3.68. The number of nitrogens with zero attached hydrogens (tertiary/aromatic N) is 2. The standard InChI is InChI=1S/C17H24N2O5/c1-5-12-10-15(19(20)21)16(22-2)11-14(12)18-8-6-13(7-9-18)17(23-3)24-4/h5,10-11,13,17H,1,6-9H2,2-4H3. The van der Waals surface area contributed by atoms with E-state index in [0.29, 0.717) is 5.92 Å². The van der Waals surface area contributed by atoms with Gasteiger partial charge in [0.05, 0.1) is 12.0 Å². The molecule has 0 atom stereocenters. The van der Waals surface area contributed by atoms with Crippen LogP contribution in [0.5, 0.6) is 5.75 Å². The third-order valence-electron chi connectivity index (χ3n) is 4.47. The summed E-state index contributed by atoms with van der Waals surface area (Å²) in [6, 6.07) is 3.24. The van der Waals surface area contributed by atoms with E-state index in [-0.39, 0.29) is 17.7 Å². The Bertz CT molecular complexity index is 593. The van der Waals surface area contributed by atoms with Gasteiger partial charge in [-0.15, -0.1) is 0 Å². The number of rotatable bonds is 7. The van der Waals surface area contributed by atoms with E-state index >= 15 is 0 Å². The number of hydrogen-bond donors (Lipinski definition) is 0. The monoisotopic (exact) mass is 336 g/mol. The lowest BCUT2D eigenvalue weighted by atomic mass is 9.95. The molecule has 0 saturated carbocycles. The van der Waals surface area contributed by atoms with Crippen molar-refractivity contribution in [2.24, 2.45) is 5.92 Å². The smallest absolute Gasteiger partial charge is 0.311 e. The zero-order chi connectivity index (χ0) is 17.7. The Kier molecular flexibility index (Phi) is 6.16. The van der Waals surface area contributed by atoms with Crippen molar-refractivity contribution in [2.45, 2.75) is 19.1 Å². The fourth-order valence-corrected chi connectivity index (χ4v) is 3.21. The molecule has 0 N–H and O–H groups in total. The fourth-order valence-electron chi connectivity index (χ4n) is 3.21. The first-order valence-electron chi connectivity index (χ1n) is 7.85. The first-order valence-corrected chi connectivity index (χ1v) is 7.85. The number of benzene rings is 1. The van der Waals surface area contributed by atoms with Gasteiger partial charge in [0.1, 0.15) is 0 Å². The van der Waals surface area contributed by atoms with Gasteiger partial charge < -0.3 is 19.1 Å². The van der Waals surface area contributed by atoms with Gasteiger partial charge in [-0.3, -0.25) is 10.1 Å².